The largest absolute Gasteiger partial charge is 0.503 e. The highest BCUT2D eigenvalue weighted by Gasteiger charge is 2.34. The van der Waals surface area contributed by atoms with Crippen molar-refractivity contribution in [2.75, 3.05) is 0 Å². The third kappa shape index (κ3) is 2.67. The first-order valence-electron chi connectivity index (χ1n) is 6.27. The van der Waals surface area contributed by atoms with Crippen molar-refractivity contribution in [2.45, 2.75) is 25.4 Å². The van der Waals surface area contributed by atoms with E-state index in [0.29, 0.717) is 5.82 Å². The van der Waals surface area contributed by atoms with E-state index in [1.807, 2.05) is 0 Å². The lowest BCUT2D eigenvalue weighted by Crippen LogP contribution is -2.33. The molecule has 21 heavy (non-hydrogen) atoms. The summed E-state index contributed by atoms with van der Waals surface area (Å²) in [7, 11) is 0. The Bertz CT molecular complexity index is 649. The summed E-state index contributed by atoms with van der Waals surface area (Å²) in [6.45, 7) is 0.101. The molecule has 1 amide bonds. The second-order valence-corrected chi connectivity index (χ2v) is 4.78. The van der Waals surface area contributed by atoms with Gasteiger partial charge in [-0.2, -0.15) is 5.21 Å². The van der Waals surface area contributed by atoms with E-state index in [-0.39, 0.29) is 18.2 Å². The van der Waals surface area contributed by atoms with Gasteiger partial charge in [-0.3, -0.25) is 4.79 Å². The topological polar surface area (TPSA) is 95.0 Å². The molecule has 110 valence electrons. The van der Waals surface area contributed by atoms with Crippen LogP contribution in [0.4, 0.5) is 8.78 Å². The Morgan fingerprint density at radius 3 is 2.57 bits per heavy atom. The SMILES string of the molecule is O=C(c1cc(F)c(O)c(F)c1)N(Cc1nn[nH]n1)C1CC1. The van der Waals surface area contributed by atoms with Crippen LogP contribution in [0.5, 0.6) is 5.75 Å². The number of benzene rings is 1. The molecule has 9 heteroatoms. The average molecular weight is 295 g/mol. The van der Waals surface area contributed by atoms with Crippen LogP contribution < -0.4 is 0 Å². The minimum Gasteiger partial charge on any atom is -0.503 e. The van der Waals surface area contributed by atoms with Crippen LogP contribution in [-0.2, 0) is 6.54 Å². The van der Waals surface area contributed by atoms with Crippen molar-refractivity contribution < 1.29 is 18.7 Å². The van der Waals surface area contributed by atoms with Crippen LogP contribution in [0.25, 0.3) is 0 Å². The van der Waals surface area contributed by atoms with E-state index in [1.165, 1.54) is 4.90 Å². The molecule has 1 heterocycles. The highest BCUT2D eigenvalue weighted by molar-refractivity contribution is 5.94. The van der Waals surface area contributed by atoms with Crippen molar-refractivity contribution in [2.24, 2.45) is 0 Å². The Balaban J connectivity index is 1.87. The van der Waals surface area contributed by atoms with Gasteiger partial charge in [0.05, 0.1) is 6.54 Å². The third-order valence-electron chi connectivity index (χ3n) is 3.21. The molecule has 1 fully saturated rings. The standard InChI is InChI=1S/C12H11F2N5O2/c13-8-3-6(4-9(14)11(8)20)12(21)19(7-1-2-7)5-10-15-17-18-16-10/h3-4,7,20H,1-2,5H2,(H,15,16,17,18). The van der Waals surface area contributed by atoms with Gasteiger partial charge in [0, 0.05) is 11.6 Å². The first-order valence-corrected chi connectivity index (χ1v) is 6.27. The highest BCUT2D eigenvalue weighted by Crippen LogP contribution is 2.30. The summed E-state index contributed by atoms with van der Waals surface area (Å²) in [6.07, 6.45) is 1.62. The number of aromatic amines is 1. The van der Waals surface area contributed by atoms with E-state index >= 15 is 0 Å². The first kappa shape index (κ1) is 13.4. The van der Waals surface area contributed by atoms with Gasteiger partial charge in [-0.15, -0.1) is 10.2 Å². The molecule has 3 rings (SSSR count). The maximum absolute atomic E-state index is 13.4. The number of carbonyl (C=O) groups excluding carboxylic acids is 1. The monoisotopic (exact) mass is 295 g/mol. The van der Waals surface area contributed by atoms with Crippen molar-refractivity contribution in [1.29, 1.82) is 0 Å². The smallest absolute Gasteiger partial charge is 0.254 e. The van der Waals surface area contributed by atoms with Gasteiger partial charge >= 0.3 is 0 Å². The van der Waals surface area contributed by atoms with Gasteiger partial charge in [-0.05, 0) is 25.0 Å². The normalized spacial score (nSPS) is 14.2. The minimum atomic E-state index is -1.17. The number of tetrazole rings is 1. The van der Waals surface area contributed by atoms with E-state index in [4.69, 9.17) is 5.11 Å². The van der Waals surface area contributed by atoms with E-state index in [1.54, 1.807) is 0 Å². The molecule has 1 aromatic carbocycles. The fraction of sp³-hybridized carbons (Fsp3) is 0.333. The second kappa shape index (κ2) is 5.08. The number of H-pyrrole nitrogens is 1. The van der Waals surface area contributed by atoms with Crippen LogP contribution in [-0.4, -0.2) is 42.6 Å². The van der Waals surface area contributed by atoms with Gasteiger partial charge in [0.2, 0.25) is 0 Å². The molecule has 1 aliphatic rings. The average Bonchev–Trinajstić information content (AvgIpc) is 3.17. The number of nitrogens with zero attached hydrogens (tertiary/aromatic N) is 4. The number of carbonyl (C=O) groups is 1. The molecule has 2 N–H and O–H groups in total. The molecular formula is C12H11F2N5O2. The summed E-state index contributed by atoms with van der Waals surface area (Å²) in [4.78, 5) is 13.8. The molecule has 1 saturated carbocycles. The lowest BCUT2D eigenvalue weighted by molar-refractivity contribution is 0.0724. The van der Waals surface area contributed by atoms with E-state index in [2.05, 4.69) is 20.6 Å². The van der Waals surface area contributed by atoms with Gasteiger partial charge in [-0.25, -0.2) is 8.78 Å². The molecule has 7 nitrogen and oxygen atoms in total. The predicted octanol–water partition coefficient (Wildman–Crippen LogP) is 0.988. The Hall–Kier alpha value is -2.58. The number of hydrogen-bond donors (Lipinski definition) is 2. The zero-order valence-electron chi connectivity index (χ0n) is 10.8. The number of phenolic OH excluding ortho intramolecular Hbond substituents is 1. The molecule has 0 saturated heterocycles. The summed E-state index contributed by atoms with van der Waals surface area (Å²) in [5, 5.41) is 22.3. The van der Waals surface area contributed by atoms with E-state index in [0.717, 1.165) is 25.0 Å². The Morgan fingerprint density at radius 2 is 2.05 bits per heavy atom. The number of nitrogens with one attached hydrogen (secondary N) is 1. The van der Waals surface area contributed by atoms with E-state index in [9.17, 15) is 13.6 Å². The lowest BCUT2D eigenvalue weighted by Gasteiger charge is -2.20. The van der Waals surface area contributed by atoms with Crippen molar-refractivity contribution in [3.63, 3.8) is 0 Å². The molecule has 0 bridgehead atoms. The fourth-order valence-corrected chi connectivity index (χ4v) is 2.01. The minimum absolute atomic E-state index is 0.00377. The maximum atomic E-state index is 13.4. The van der Waals surface area contributed by atoms with Crippen LogP contribution >= 0.6 is 0 Å². The summed E-state index contributed by atoms with van der Waals surface area (Å²) >= 11 is 0. The summed E-state index contributed by atoms with van der Waals surface area (Å²) in [5.74, 6) is -3.67. The van der Waals surface area contributed by atoms with Crippen LogP contribution in [0, 0.1) is 11.6 Å². The van der Waals surface area contributed by atoms with Gasteiger partial charge in [-0.1, -0.05) is 5.21 Å². The third-order valence-corrected chi connectivity index (χ3v) is 3.21. The molecule has 0 unspecified atom stereocenters. The zero-order chi connectivity index (χ0) is 15.0. The van der Waals surface area contributed by atoms with Gasteiger partial charge < -0.3 is 10.0 Å². The fourth-order valence-electron chi connectivity index (χ4n) is 2.01. The second-order valence-electron chi connectivity index (χ2n) is 4.78. The van der Waals surface area contributed by atoms with E-state index < -0.39 is 23.3 Å². The molecule has 2 aromatic rings. The first-order chi connectivity index (χ1) is 10.1. The number of hydrogen-bond acceptors (Lipinski definition) is 5. The molecular weight excluding hydrogens is 284 g/mol. The van der Waals surface area contributed by atoms with Gasteiger partial charge in [0.1, 0.15) is 0 Å². The molecule has 0 spiro atoms. The van der Waals surface area contributed by atoms with Crippen LogP contribution in [0.15, 0.2) is 12.1 Å². The summed E-state index contributed by atoms with van der Waals surface area (Å²) in [6, 6.07) is 1.62. The van der Waals surface area contributed by atoms with Gasteiger partial charge in [0.15, 0.2) is 23.2 Å². The van der Waals surface area contributed by atoms with Crippen LogP contribution in [0.1, 0.15) is 29.0 Å². The number of halogens is 2. The van der Waals surface area contributed by atoms with Crippen molar-refractivity contribution in [1.82, 2.24) is 25.5 Å². The number of rotatable bonds is 4. The molecule has 1 aliphatic carbocycles. The number of aromatic nitrogens is 4. The lowest BCUT2D eigenvalue weighted by atomic mass is 10.1. The number of phenols is 1. The molecule has 0 atom stereocenters. The summed E-state index contributed by atoms with van der Waals surface area (Å²) < 4.78 is 26.7. The Kier molecular flexibility index (Phi) is 3.24. The quantitative estimate of drug-likeness (QED) is 0.877. The van der Waals surface area contributed by atoms with Gasteiger partial charge in [0.25, 0.3) is 5.91 Å². The van der Waals surface area contributed by atoms with Crippen molar-refractivity contribution in [3.05, 3.63) is 35.2 Å². The summed E-state index contributed by atoms with van der Waals surface area (Å²) in [5.41, 5.74) is -0.168. The van der Waals surface area contributed by atoms with Crippen LogP contribution in [0.2, 0.25) is 0 Å². The molecule has 0 radical (unpaired) electrons. The predicted molar refractivity (Wildman–Crippen MR) is 65.1 cm³/mol. The maximum Gasteiger partial charge on any atom is 0.254 e. The van der Waals surface area contributed by atoms with Crippen molar-refractivity contribution in [3.8, 4) is 5.75 Å². The van der Waals surface area contributed by atoms with Crippen molar-refractivity contribution >= 4 is 5.91 Å². The Morgan fingerprint density at radius 1 is 1.38 bits per heavy atom. The zero-order valence-corrected chi connectivity index (χ0v) is 10.8. The van der Waals surface area contributed by atoms with Crippen LogP contribution in [0.3, 0.4) is 0 Å². The highest BCUT2D eigenvalue weighted by atomic mass is 19.1. The number of aromatic hydroxyl groups is 1. The number of amides is 1. The molecule has 0 aliphatic heterocycles. The Labute approximate surface area is 117 Å². The molecule has 1 aromatic heterocycles.